The van der Waals surface area contributed by atoms with E-state index in [2.05, 4.69) is 24.2 Å². The van der Waals surface area contributed by atoms with Crippen LogP contribution in [-0.2, 0) is 0 Å². The molecule has 0 aromatic heterocycles. The van der Waals surface area contributed by atoms with Gasteiger partial charge in [-0.3, -0.25) is 4.99 Å². The number of amidine groups is 1. The van der Waals surface area contributed by atoms with Gasteiger partial charge in [-0.1, -0.05) is 46.0 Å². The molecule has 1 aliphatic heterocycles. The SMILES string of the molecule is CC(C)CCCCCCNC1=NCCCCC1. The number of rotatable bonds is 7. The molecule has 0 aliphatic carbocycles. The summed E-state index contributed by atoms with van der Waals surface area (Å²) in [5.41, 5.74) is 0. The summed E-state index contributed by atoms with van der Waals surface area (Å²) >= 11 is 0. The van der Waals surface area contributed by atoms with E-state index < -0.39 is 0 Å². The first kappa shape index (κ1) is 14.5. The van der Waals surface area contributed by atoms with Gasteiger partial charge in [0.1, 0.15) is 0 Å². The number of aliphatic imine (C=N–C) groups is 1. The summed E-state index contributed by atoms with van der Waals surface area (Å²) in [5, 5.41) is 3.51. The number of unbranched alkanes of at least 4 members (excludes halogenated alkanes) is 3. The van der Waals surface area contributed by atoms with Gasteiger partial charge in [0.25, 0.3) is 0 Å². The highest BCUT2D eigenvalue weighted by Gasteiger charge is 2.02. The second-order valence-corrected chi connectivity index (χ2v) is 5.66. The Kier molecular flexibility index (Phi) is 8.12. The maximum absolute atomic E-state index is 4.59. The van der Waals surface area contributed by atoms with Gasteiger partial charge in [-0.15, -0.1) is 0 Å². The third-order valence-electron chi connectivity index (χ3n) is 3.41. The number of nitrogens with zero attached hydrogens (tertiary/aromatic N) is 1. The average Bonchev–Trinajstić information content (AvgIpc) is 2.56. The first-order valence-corrected chi connectivity index (χ1v) is 7.56. The van der Waals surface area contributed by atoms with Crippen LogP contribution < -0.4 is 5.32 Å². The lowest BCUT2D eigenvalue weighted by Crippen LogP contribution is -2.24. The smallest absolute Gasteiger partial charge is 0.0963 e. The molecule has 0 saturated heterocycles. The van der Waals surface area contributed by atoms with Gasteiger partial charge in [0.2, 0.25) is 0 Å². The molecule has 0 aromatic carbocycles. The van der Waals surface area contributed by atoms with Gasteiger partial charge in [0, 0.05) is 19.5 Å². The topological polar surface area (TPSA) is 24.4 Å². The molecule has 1 rings (SSSR count). The predicted octanol–water partition coefficient (Wildman–Crippen LogP) is 4.16. The fourth-order valence-corrected chi connectivity index (χ4v) is 2.28. The van der Waals surface area contributed by atoms with Crippen molar-refractivity contribution < 1.29 is 0 Å². The number of nitrogens with one attached hydrogen (secondary N) is 1. The largest absolute Gasteiger partial charge is 0.374 e. The Labute approximate surface area is 107 Å². The minimum absolute atomic E-state index is 0.869. The molecule has 1 aliphatic rings. The molecule has 0 saturated carbocycles. The summed E-state index contributed by atoms with van der Waals surface area (Å²) in [6.07, 6.45) is 12.0. The van der Waals surface area contributed by atoms with Crippen LogP contribution in [0.5, 0.6) is 0 Å². The van der Waals surface area contributed by atoms with Crippen LogP contribution in [0.2, 0.25) is 0 Å². The van der Waals surface area contributed by atoms with Crippen LogP contribution in [0.1, 0.15) is 71.6 Å². The Morgan fingerprint density at radius 2 is 1.88 bits per heavy atom. The quantitative estimate of drug-likeness (QED) is 0.662. The van der Waals surface area contributed by atoms with Crippen molar-refractivity contribution in [3.05, 3.63) is 0 Å². The van der Waals surface area contributed by atoms with Gasteiger partial charge in [-0.2, -0.15) is 0 Å². The van der Waals surface area contributed by atoms with Crippen LogP contribution in [0.4, 0.5) is 0 Å². The molecule has 100 valence electrons. The minimum Gasteiger partial charge on any atom is -0.374 e. The molecule has 0 aromatic rings. The summed E-state index contributed by atoms with van der Waals surface area (Å²) in [4.78, 5) is 4.59. The van der Waals surface area contributed by atoms with E-state index in [1.165, 1.54) is 63.6 Å². The molecular weight excluding hydrogens is 208 g/mol. The van der Waals surface area contributed by atoms with Crippen molar-refractivity contribution in [1.29, 1.82) is 0 Å². The third kappa shape index (κ3) is 8.23. The van der Waals surface area contributed by atoms with E-state index in [0.29, 0.717) is 0 Å². The van der Waals surface area contributed by atoms with Crippen LogP contribution in [-0.4, -0.2) is 18.9 Å². The van der Waals surface area contributed by atoms with Crippen LogP contribution in [0.25, 0.3) is 0 Å². The van der Waals surface area contributed by atoms with Crippen molar-refractivity contribution in [2.75, 3.05) is 13.1 Å². The van der Waals surface area contributed by atoms with E-state index >= 15 is 0 Å². The molecule has 0 radical (unpaired) electrons. The second kappa shape index (κ2) is 9.49. The van der Waals surface area contributed by atoms with Crippen molar-refractivity contribution in [1.82, 2.24) is 5.32 Å². The summed E-state index contributed by atoms with van der Waals surface area (Å²) in [7, 11) is 0. The number of hydrogen-bond acceptors (Lipinski definition) is 2. The van der Waals surface area contributed by atoms with Crippen LogP contribution in [0.15, 0.2) is 4.99 Å². The molecule has 0 unspecified atom stereocenters. The maximum atomic E-state index is 4.59. The molecule has 2 nitrogen and oxygen atoms in total. The Morgan fingerprint density at radius 1 is 1.06 bits per heavy atom. The van der Waals surface area contributed by atoms with Crippen molar-refractivity contribution in [3.8, 4) is 0 Å². The van der Waals surface area contributed by atoms with E-state index in [-0.39, 0.29) is 0 Å². The molecule has 0 atom stereocenters. The van der Waals surface area contributed by atoms with Gasteiger partial charge in [0.15, 0.2) is 0 Å². The molecular formula is C15H30N2. The molecule has 1 N–H and O–H groups in total. The maximum Gasteiger partial charge on any atom is 0.0963 e. The molecule has 1 heterocycles. The summed E-state index contributed by atoms with van der Waals surface area (Å²) in [6, 6.07) is 0. The van der Waals surface area contributed by atoms with E-state index in [1.807, 2.05) is 0 Å². The monoisotopic (exact) mass is 238 g/mol. The fourth-order valence-electron chi connectivity index (χ4n) is 2.28. The zero-order chi connectivity index (χ0) is 12.3. The zero-order valence-electron chi connectivity index (χ0n) is 11.8. The number of hydrogen-bond donors (Lipinski definition) is 1. The predicted molar refractivity (Wildman–Crippen MR) is 76.7 cm³/mol. The highest BCUT2D eigenvalue weighted by Crippen LogP contribution is 2.09. The van der Waals surface area contributed by atoms with E-state index in [9.17, 15) is 0 Å². The second-order valence-electron chi connectivity index (χ2n) is 5.66. The first-order chi connectivity index (χ1) is 8.29. The van der Waals surface area contributed by atoms with Crippen molar-refractivity contribution in [2.24, 2.45) is 10.9 Å². The Morgan fingerprint density at radius 3 is 2.71 bits per heavy atom. The third-order valence-corrected chi connectivity index (χ3v) is 3.41. The Bertz CT molecular complexity index is 209. The van der Waals surface area contributed by atoms with Crippen molar-refractivity contribution in [3.63, 3.8) is 0 Å². The lowest BCUT2D eigenvalue weighted by atomic mass is 10.0. The Balaban J connectivity index is 1.91. The lowest BCUT2D eigenvalue weighted by Gasteiger charge is -2.08. The highest BCUT2D eigenvalue weighted by molar-refractivity contribution is 5.82. The average molecular weight is 238 g/mol. The van der Waals surface area contributed by atoms with Crippen molar-refractivity contribution in [2.45, 2.75) is 71.6 Å². The molecule has 17 heavy (non-hydrogen) atoms. The molecule has 0 bridgehead atoms. The van der Waals surface area contributed by atoms with Crippen LogP contribution >= 0.6 is 0 Å². The van der Waals surface area contributed by atoms with Crippen LogP contribution in [0.3, 0.4) is 0 Å². The highest BCUT2D eigenvalue weighted by atomic mass is 15.0. The van der Waals surface area contributed by atoms with Crippen LogP contribution in [0, 0.1) is 5.92 Å². The fraction of sp³-hybridized carbons (Fsp3) is 0.933. The zero-order valence-corrected chi connectivity index (χ0v) is 11.8. The van der Waals surface area contributed by atoms with Gasteiger partial charge < -0.3 is 5.32 Å². The summed E-state index contributed by atoms with van der Waals surface area (Å²) < 4.78 is 0. The lowest BCUT2D eigenvalue weighted by molar-refractivity contribution is 0.519. The van der Waals surface area contributed by atoms with Crippen molar-refractivity contribution >= 4 is 5.84 Å². The van der Waals surface area contributed by atoms with Gasteiger partial charge >= 0.3 is 0 Å². The first-order valence-electron chi connectivity index (χ1n) is 7.56. The van der Waals surface area contributed by atoms with E-state index in [0.717, 1.165) is 19.0 Å². The van der Waals surface area contributed by atoms with Gasteiger partial charge in [-0.05, 0) is 25.2 Å². The van der Waals surface area contributed by atoms with Gasteiger partial charge in [0.05, 0.1) is 5.84 Å². The van der Waals surface area contributed by atoms with E-state index in [1.54, 1.807) is 0 Å². The molecule has 0 amide bonds. The Hall–Kier alpha value is -0.530. The normalized spacial score (nSPS) is 16.8. The molecule has 2 heteroatoms. The summed E-state index contributed by atoms with van der Waals surface area (Å²) in [5.74, 6) is 2.14. The summed E-state index contributed by atoms with van der Waals surface area (Å²) in [6.45, 7) is 6.79. The molecule has 0 spiro atoms. The minimum atomic E-state index is 0.869. The van der Waals surface area contributed by atoms with Gasteiger partial charge in [-0.25, -0.2) is 0 Å². The molecule has 0 fully saturated rings. The van der Waals surface area contributed by atoms with E-state index in [4.69, 9.17) is 0 Å². The standard InChI is InChI=1S/C15H30N2/c1-14(2)10-6-3-4-8-12-16-15-11-7-5-9-13-17-15/h14H,3-13H2,1-2H3,(H,16,17).